The second-order valence-electron chi connectivity index (χ2n) is 6.79. The summed E-state index contributed by atoms with van der Waals surface area (Å²) in [7, 11) is 0. The molecule has 5 rings (SSSR count). The van der Waals surface area contributed by atoms with Crippen LogP contribution in [0.2, 0.25) is 0 Å². The number of nitrogens with zero attached hydrogens (tertiary/aromatic N) is 1. The number of aryl methyl sites for hydroxylation is 2. The van der Waals surface area contributed by atoms with E-state index >= 15 is 0 Å². The highest BCUT2D eigenvalue weighted by atomic mass is 32.1. The molecule has 128 valence electrons. The Labute approximate surface area is 156 Å². The van der Waals surface area contributed by atoms with Crippen LogP contribution in [0.3, 0.4) is 0 Å². The highest BCUT2D eigenvalue weighted by Crippen LogP contribution is 2.42. The van der Waals surface area contributed by atoms with Crippen LogP contribution in [0, 0.1) is 5.82 Å². The number of thiophene rings is 1. The van der Waals surface area contributed by atoms with E-state index in [1.165, 1.54) is 45.9 Å². The molecule has 0 saturated carbocycles. The fourth-order valence-electron chi connectivity index (χ4n) is 3.91. The standard InChI is InChI=1S/C23H18FNS/c24-19-12-6-4-10-16(19)20-14-18(15-8-2-1-3-9-15)22-17-11-5-7-13-21(17)26-23(22)25-20/h1-4,6,8-10,12,14H,5,7,11,13H2. The largest absolute Gasteiger partial charge is 0.237 e. The molecular weight excluding hydrogens is 341 g/mol. The molecule has 0 atom stereocenters. The highest BCUT2D eigenvalue weighted by Gasteiger charge is 2.21. The molecule has 1 aliphatic carbocycles. The molecule has 2 heterocycles. The third-order valence-electron chi connectivity index (χ3n) is 5.16. The molecular formula is C23H18FNS. The first-order valence-corrected chi connectivity index (χ1v) is 9.88. The molecule has 1 nitrogen and oxygen atoms in total. The fourth-order valence-corrected chi connectivity index (χ4v) is 5.20. The Morgan fingerprint density at radius 2 is 1.62 bits per heavy atom. The van der Waals surface area contributed by atoms with Gasteiger partial charge in [-0.2, -0.15) is 0 Å². The molecule has 4 aromatic rings. The van der Waals surface area contributed by atoms with E-state index in [9.17, 15) is 4.39 Å². The van der Waals surface area contributed by atoms with Gasteiger partial charge in [-0.25, -0.2) is 9.37 Å². The van der Waals surface area contributed by atoms with Crippen LogP contribution in [0.15, 0.2) is 60.7 Å². The Bertz CT molecular complexity index is 1100. The van der Waals surface area contributed by atoms with Gasteiger partial charge in [0.1, 0.15) is 10.6 Å². The molecule has 0 N–H and O–H groups in total. The lowest BCUT2D eigenvalue weighted by Gasteiger charge is -2.13. The molecule has 3 heteroatoms. The number of rotatable bonds is 2. The summed E-state index contributed by atoms with van der Waals surface area (Å²) in [6.07, 6.45) is 4.75. The van der Waals surface area contributed by atoms with E-state index < -0.39 is 0 Å². The molecule has 0 bridgehead atoms. The Morgan fingerprint density at radius 3 is 2.46 bits per heavy atom. The summed E-state index contributed by atoms with van der Waals surface area (Å²) in [5.41, 5.74) is 5.09. The second-order valence-corrected chi connectivity index (χ2v) is 7.88. The zero-order valence-corrected chi connectivity index (χ0v) is 15.2. The molecule has 0 saturated heterocycles. The van der Waals surface area contributed by atoms with Crippen LogP contribution in [0.4, 0.5) is 4.39 Å². The Morgan fingerprint density at radius 1 is 0.846 bits per heavy atom. The maximum Gasteiger partial charge on any atom is 0.132 e. The van der Waals surface area contributed by atoms with Crippen LogP contribution < -0.4 is 0 Å². The van der Waals surface area contributed by atoms with E-state index in [1.807, 2.05) is 18.2 Å². The Hall–Kier alpha value is -2.52. The van der Waals surface area contributed by atoms with Crippen LogP contribution in [-0.4, -0.2) is 4.98 Å². The van der Waals surface area contributed by atoms with Crippen molar-refractivity contribution in [2.45, 2.75) is 25.7 Å². The summed E-state index contributed by atoms with van der Waals surface area (Å²) in [5.74, 6) is -0.223. The lowest BCUT2D eigenvalue weighted by atomic mass is 9.92. The van der Waals surface area contributed by atoms with Gasteiger partial charge in [-0.05, 0) is 60.6 Å². The van der Waals surface area contributed by atoms with Crippen molar-refractivity contribution in [3.8, 4) is 22.4 Å². The normalized spacial score (nSPS) is 13.7. The number of aromatic nitrogens is 1. The van der Waals surface area contributed by atoms with Crippen molar-refractivity contribution in [1.29, 1.82) is 0 Å². The summed E-state index contributed by atoms with van der Waals surface area (Å²) in [4.78, 5) is 7.37. The van der Waals surface area contributed by atoms with E-state index in [1.54, 1.807) is 17.4 Å². The van der Waals surface area contributed by atoms with Crippen molar-refractivity contribution < 1.29 is 4.39 Å². The predicted octanol–water partition coefficient (Wildman–Crippen LogP) is 6.65. The van der Waals surface area contributed by atoms with Crippen molar-refractivity contribution in [3.63, 3.8) is 0 Å². The smallest absolute Gasteiger partial charge is 0.132 e. The molecule has 1 aliphatic rings. The van der Waals surface area contributed by atoms with Gasteiger partial charge in [0.05, 0.1) is 5.69 Å². The van der Waals surface area contributed by atoms with Gasteiger partial charge in [0.15, 0.2) is 0 Å². The maximum absolute atomic E-state index is 14.4. The van der Waals surface area contributed by atoms with Crippen LogP contribution in [0.1, 0.15) is 23.3 Å². The molecule has 0 spiro atoms. The van der Waals surface area contributed by atoms with Crippen LogP contribution >= 0.6 is 11.3 Å². The SMILES string of the molecule is Fc1ccccc1-c1cc(-c2ccccc2)c2c3c(sc2n1)CCCC3. The van der Waals surface area contributed by atoms with Crippen molar-refractivity contribution in [1.82, 2.24) is 4.98 Å². The minimum absolute atomic E-state index is 0.223. The highest BCUT2D eigenvalue weighted by molar-refractivity contribution is 7.19. The van der Waals surface area contributed by atoms with Crippen LogP contribution in [0.5, 0.6) is 0 Å². The summed E-state index contributed by atoms with van der Waals surface area (Å²) in [5, 5.41) is 1.27. The molecule has 0 aliphatic heterocycles. The summed E-state index contributed by atoms with van der Waals surface area (Å²) >= 11 is 1.79. The number of fused-ring (bicyclic) bond motifs is 3. The lowest BCUT2D eigenvalue weighted by molar-refractivity contribution is 0.631. The Balaban J connectivity index is 1.84. The van der Waals surface area contributed by atoms with Gasteiger partial charge in [-0.3, -0.25) is 0 Å². The summed E-state index contributed by atoms with van der Waals surface area (Å²) in [6.45, 7) is 0. The third kappa shape index (κ3) is 2.55. The first kappa shape index (κ1) is 15.7. The van der Waals surface area contributed by atoms with Crippen molar-refractivity contribution in [3.05, 3.63) is 76.9 Å². The van der Waals surface area contributed by atoms with E-state index in [0.29, 0.717) is 11.3 Å². The van der Waals surface area contributed by atoms with E-state index in [4.69, 9.17) is 4.98 Å². The molecule has 0 radical (unpaired) electrons. The first-order valence-electron chi connectivity index (χ1n) is 9.07. The van der Waals surface area contributed by atoms with E-state index in [0.717, 1.165) is 17.7 Å². The van der Waals surface area contributed by atoms with Gasteiger partial charge in [0.2, 0.25) is 0 Å². The summed E-state index contributed by atoms with van der Waals surface area (Å²) in [6, 6.07) is 19.4. The average molecular weight is 359 g/mol. The number of pyridine rings is 1. The summed E-state index contributed by atoms with van der Waals surface area (Å²) < 4.78 is 14.4. The van der Waals surface area contributed by atoms with Crippen molar-refractivity contribution in [2.75, 3.05) is 0 Å². The lowest BCUT2D eigenvalue weighted by Crippen LogP contribution is -1.99. The Kier molecular flexibility index (Phi) is 3.83. The number of hydrogen-bond acceptors (Lipinski definition) is 2. The van der Waals surface area contributed by atoms with Gasteiger partial charge < -0.3 is 0 Å². The van der Waals surface area contributed by atoms with Crippen molar-refractivity contribution in [2.24, 2.45) is 0 Å². The topological polar surface area (TPSA) is 12.9 Å². The maximum atomic E-state index is 14.4. The minimum atomic E-state index is -0.223. The molecule has 26 heavy (non-hydrogen) atoms. The van der Waals surface area contributed by atoms with Gasteiger partial charge in [-0.15, -0.1) is 11.3 Å². The van der Waals surface area contributed by atoms with Crippen LogP contribution in [-0.2, 0) is 12.8 Å². The van der Waals surface area contributed by atoms with Crippen molar-refractivity contribution >= 4 is 21.6 Å². The molecule has 0 unspecified atom stereocenters. The number of hydrogen-bond donors (Lipinski definition) is 0. The minimum Gasteiger partial charge on any atom is -0.237 e. The predicted molar refractivity (Wildman–Crippen MR) is 107 cm³/mol. The van der Waals surface area contributed by atoms with Gasteiger partial charge in [-0.1, -0.05) is 42.5 Å². The third-order valence-corrected chi connectivity index (χ3v) is 6.35. The molecule has 0 fully saturated rings. The number of benzene rings is 2. The molecule has 2 aromatic carbocycles. The quantitative estimate of drug-likeness (QED) is 0.390. The number of halogens is 1. The van der Waals surface area contributed by atoms with Gasteiger partial charge in [0, 0.05) is 15.8 Å². The van der Waals surface area contributed by atoms with Gasteiger partial charge >= 0.3 is 0 Å². The fraction of sp³-hybridized carbons (Fsp3) is 0.174. The monoisotopic (exact) mass is 359 g/mol. The van der Waals surface area contributed by atoms with E-state index in [2.05, 4.69) is 30.3 Å². The van der Waals surface area contributed by atoms with E-state index in [-0.39, 0.29) is 5.82 Å². The average Bonchev–Trinajstić information content (AvgIpc) is 3.07. The molecule has 0 amide bonds. The second kappa shape index (κ2) is 6.33. The zero-order valence-electron chi connectivity index (χ0n) is 14.3. The van der Waals surface area contributed by atoms with Gasteiger partial charge in [0.25, 0.3) is 0 Å². The van der Waals surface area contributed by atoms with Crippen LogP contribution in [0.25, 0.3) is 32.6 Å². The first-order chi connectivity index (χ1) is 12.8. The molecule has 2 aromatic heterocycles. The zero-order chi connectivity index (χ0) is 17.5.